The van der Waals surface area contributed by atoms with Crippen LogP contribution in [0.15, 0.2) is 0 Å². The average Bonchev–Trinajstić information content (AvgIpc) is 2.63. The number of hydrogen-bond acceptors (Lipinski definition) is 2. The third kappa shape index (κ3) is 2.05. The number of nitrogens with zero attached hydrogens (tertiary/aromatic N) is 1. The van der Waals surface area contributed by atoms with Crippen molar-refractivity contribution >= 4 is 5.91 Å². The summed E-state index contributed by atoms with van der Waals surface area (Å²) in [4.78, 5) is 12.9. The summed E-state index contributed by atoms with van der Waals surface area (Å²) in [6, 6.07) is 0. The molecule has 1 heterocycles. The van der Waals surface area contributed by atoms with Crippen molar-refractivity contribution in [2.24, 2.45) is 23.5 Å². The molecule has 2 rings (SSSR count). The number of carbonyl (C=O) groups is 1. The first-order valence-corrected chi connectivity index (χ1v) is 5.82. The highest BCUT2D eigenvalue weighted by atomic mass is 19.3. The molecule has 2 N–H and O–H groups in total. The fourth-order valence-corrected chi connectivity index (χ4v) is 2.54. The molecule has 2 fully saturated rings. The van der Waals surface area contributed by atoms with Crippen molar-refractivity contribution in [1.29, 1.82) is 0 Å². The molecular formula is C11H18F2N2O. The summed E-state index contributed by atoms with van der Waals surface area (Å²) >= 11 is 0. The lowest BCUT2D eigenvalue weighted by molar-refractivity contribution is -0.121. The number of amides is 1. The van der Waals surface area contributed by atoms with E-state index in [1.54, 1.807) is 6.92 Å². The fourth-order valence-electron chi connectivity index (χ4n) is 2.54. The van der Waals surface area contributed by atoms with Crippen LogP contribution in [0.3, 0.4) is 0 Å². The van der Waals surface area contributed by atoms with Crippen LogP contribution < -0.4 is 5.73 Å². The van der Waals surface area contributed by atoms with E-state index >= 15 is 0 Å². The van der Waals surface area contributed by atoms with E-state index in [-0.39, 0.29) is 11.8 Å². The summed E-state index contributed by atoms with van der Waals surface area (Å²) in [5.41, 5.74) is 5.14. The van der Waals surface area contributed by atoms with Crippen molar-refractivity contribution in [3.8, 4) is 0 Å². The van der Waals surface area contributed by atoms with Gasteiger partial charge in [0.15, 0.2) is 0 Å². The molecule has 3 unspecified atom stereocenters. The second-order valence-corrected chi connectivity index (χ2v) is 5.09. The molecular weight excluding hydrogens is 214 g/mol. The van der Waals surface area contributed by atoms with Crippen molar-refractivity contribution in [3.05, 3.63) is 0 Å². The van der Waals surface area contributed by atoms with E-state index in [2.05, 4.69) is 4.90 Å². The molecule has 2 aliphatic rings. The van der Waals surface area contributed by atoms with E-state index in [9.17, 15) is 13.6 Å². The van der Waals surface area contributed by atoms with E-state index in [0.717, 1.165) is 19.4 Å². The van der Waals surface area contributed by atoms with Gasteiger partial charge in [-0.1, -0.05) is 6.92 Å². The molecule has 1 saturated heterocycles. The van der Waals surface area contributed by atoms with E-state index in [0.29, 0.717) is 13.1 Å². The van der Waals surface area contributed by atoms with E-state index in [1.807, 2.05) is 0 Å². The summed E-state index contributed by atoms with van der Waals surface area (Å²) in [5.74, 6) is -3.59. The summed E-state index contributed by atoms with van der Waals surface area (Å²) in [7, 11) is 0. The highest BCUT2D eigenvalue weighted by molar-refractivity contribution is 5.76. The molecule has 0 bridgehead atoms. The SMILES string of the molecule is CC(CCCN1CC2C(C1)C2(F)F)C(N)=O. The van der Waals surface area contributed by atoms with Gasteiger partial charge in [0.05, 0.1) is 0 Å². The number of carbonyl (C=O) groups excluding carboxylic acids is 1. The molecule has 5 heteroatoms. The molecule has 92 valence electrons. The van der Waals surface area contributed by atoms with E-state index in [4.69, 9.17) is 5.73 Å². The number of fused-ring (bicyclic) bond motifs is 1. The number of rotatable bonds is 5. The van der Waals surface area contributed by atoms with Gasteiger partial charge < -0.3 is 10.6 Å². The van der Waals surface area contributed by atoms with Crippen LogP contribution in [0.1, 0.15) is 19.8 Å². The first-order chi connectivity index (χ1) is 7.43. The summed E-state index contributed by atoms with van der Waals surface area (Å²) in [5, 5.41) is 0. The van der Waals surface area contributed by atoms with Crippen molar-refractivity contribution in [3.63, 3.8) is 0 Å². The fraction of sp³-hybridized carbons (Fsp3) is 0.909. The predicted molar refractivity (Wildman–Crippen MR) is 56.0 cm³/mol. The van der Waals surface area contributed by atoms with Crippen molar-refractivity contribution < 1.29 is 13.6 Å². The Labute approximate surface area is 94.0 Å². The van der Waals surface area contributed by atoms with Gasteiger partial charge >= 0.3 is 0 Å². The zero-order valence-corrected chi connectivity index (χ0v) is 9.46. The van der Waals surface area contributed by atoms with Gasteiger partial charge in [0.25, 0.3) is 5.92 Å². The quantitative estimate of drug-likeness (QED) is 0.771. The largest absolute Gasteiger partial charge is 0.369 e. The van der Waals surface area contributed by atoms with Crippen LogP contribution in [-0.2, 0) is 4.79 Å². The minimum absolute atomic E-state index is 0.112. The lowest BCUT2D eigenvalue weighted by atomic mass is 10.1. The number of halogens is 2. The van der Waals surface area contributed by atoms with Gasteiger partial charge in [-0.2, -0.15) is 0 Å². The Bertz CT molecular complexity index is 282. The molecule has 0 radical (unpaired) electrons. The predicted octanol–water partition coefficient (Wildman–Crippen LogP) is 1.08. The topological polar surface area (TPSA) is 46.3 Å². The van der Waals surface area contributed by atoms with Crippen molar-refractivity contribution in [2.75, 3.05) is 19.6 Å². The van der Waals surface area contributed by atoms with E-state index < -0.39 is 17.8 Å². The molecule has 1 aliphatic heterocycles. The van der Waals surface area contributed by atoms with Gasteiger partial charge in [-0.3, -0.25) is 4.79 Å². The smallest absolute Gasteiger partial charge is 0.257 e. The normalized spacial score (nSPS) is 33.4. The van der Waals surface area contributed by atoms with Crippen LogP contribution in [0.4, 0.5) is 8.78 Å². The Morgan fingerprint density at radius 1 is 1.50 bits per heavy atom. The van der Waals surface area contributed by atoms with Crippen LogP contribution in [0.5, 0.6) is 0 Å². The maximum atomic E-state index is 12.9. The standard InChI is InChI=1S/C11H18F2N2O/c1-7(10(14)16)3-2-4-15-5-8-9(6-15)11(8,12)13/h7-9H,2-6H2,1H3,(H2,14,16). The number of alkyl halides is 2. The first-order valence-electron chi connectivity index (χ1n) is 5.82. The molecule has 1 saturated carbocycles. The monoisotopic (exact) mass is 232 g/mol. The van der Waals surface area contributed by atoms with Crippen LogP contribution in [-0.4, -0.2) is 36.4 Å². The molecule has 0 aromatic carbocycles. The van der Waals surface area contributed by atoms with Crippen LogP contribution in [0.2, 0.25) is 0 Å². The Kier molecular flexibility index (Phi) is 2.90. The van der Waals surface area contributed by atoms with Crippen molar-refractivity contribution in [1.82, 2.24) is 4.90 Å². The lowest BCUT2D eigenvalue weighted by Crippen LogP contribution is -2.29. The highest BCUT2D eigenvalue weighted by Crippen LogP contribution is 2.59. The Morgan fingerprint density at radius 3 is 2.56 bits per heavy atom. The molecule has 1 amide bonds. The maximum absolute atomic E-state index is 12.9. The Balaban J connectivity index is 1.62. The van der Waals surface area contributed by atoms with Gasteiger partial charge in [0, 0.05) is 30.8 Å². The number of nitrogens with two attached hydrogens (primary N) is 1. The highest BCUT2D eigenvalue weighted by Gasteiger charge is 2.71. The number of primary amides is 1. The zero-order chi connectivity index (χ0) is 11.9. The number of likely N-dealkylation sites (tertiary alicyclic amines) is 1. The summed E-state index contributed by atoms with van der Waals surface area (Å²) < 4.78 is 25.8. The zero-order valence-electron chi connectivity index (χ0n) is 9.46. The number of piperidine rings is 1. The molecule has 3 atom stereocenters. The van der Waals surface area contributed by atoms with Crippen molar-refractivity contribution in [2.45, 2.75) is 25.7 Å². The maximum Gasteiger partial charge on any atom is 0.257 e. The molecule has 16 heavy (non-hydrogen) atoms. The molecule has 0 aromatic rings. The number of hydrogen-bond donors (Lipinski definition) is 1. The summed E-state index contributed by atoms with van der Waals surface area (Å²) in [6.07, 6.45) is 1.60. The second kappa shape index (κ2) is 3.95. The first kappa shape index (κ1) is 11.8. The summed E-state index contributed by atoms with van der Waals surface area (Å²) in [6.45, 7) is 3.64. The Hall–Kier alpha value is -0.710. The van der Waals surface area contributed by atoms with Gasteiger partial charge in [-0.05, 0) is 19.4 Å². The van der Waals surface area contributed by atoms with Crippen LogP contribution in [0.25, 0.3) is 0 Å². The van der Waals surface area contributed by atoms with Crippen LogP contribution >= 0.6 is 0 Å². The third-order valence-corrected chi connectivity index (χ3v) is 3.87. The van der Waals surface area contributed by atoms with Gasteiger partial charge in [-0.25, -0.2) is 8.78 Å². The van der Waals surface area contributed by atoms with Gasteiger partial charge in [0.2, 0.25) is 5.91 Å². The second-order valence-electron chi connectivity index (χ2n) is 5.09. The molecule has 0 aromatic heterocycles. The third-order valence-electron chi connectivity index (χ3n) is 3.87. The molecule has 3 nitrogen and oxygen atoms in total. The minimum atomic E-state index is -2.39. The van der Waals surface area contributed by atoms with Crippen LogP contribution in [0, 0.1) is 17.8 Å². The Morgan fingerprint density at radius 2 is 2.06 bits per heavy atom. The van der Waals surface area contributed by atoms with Gasteiger partial charge in [-0.15, -0.1) is 0 Å². The van der Waals surface area contributed by atoms with Gasteiger partial charge in [0.1, 0.15) is 0 Å². The molecule has 1 aliphatic carbocycles. The van der Waals surface area contributed by atoms with E-state index in [1.165, 1.54) is 0 Å². The molecule has 0 spiro atoms. The minimum Gasteiger partial charge on any atom is -0.369 e. The lowest BCUT2D eigenvalue weighted by Gasteiger charge is -2.19. The average molecular weight is 232 g/mol.